The van der Waals surface area contributed by atoms with E-state index in [1.54, 1.807) is 0 Å². The van der Waals surface area contributed by atoms with Gasteiger partial charge in [0, 0.05) is 82.9 Å². The molecule has 0 amide bonds. The second-order valence-electron chi connectivity index (χ2n) is 15.7. The molecule has 0 aliphatic carbocycles. The fourth-order valence-corrected chi connectivity index (χ4v) is 9.42. The second kappa shape index (κ2) is 14.2. The lowest BCUT2D eigenvalue weighted by atomic mass is 9.83. The molecule has 0 radical (unpaired) electrons. The van der Waals surface area contributed by atoms with Gasteiger partial charge in [-0.05, 0) is 132 Å². The topological polar surface area (TPSA) is 25.9 Å². The largest absolute Gasteiger partial charge is 0.306 e. The van der Waals surface area contributed by atoms with Crippen LogP contribution in [0.5, 0.6) is 0 Å². The summed E-state index contributed by atoms with van der Waals surface area (Å²) in [4.78, 5) is 19.7. The Balaban J connectivity index is 0.000000110. The molecule has 8 atom stereocenters. The summed E-state index contributed by atoms with van der Waals surface area (Å²) in [5.74, 6) is 5.02. The van der Waals surface area contributed by atoms with Crippen LogP contribution in [0.3, 0.4) is 0 Å². The van der Waals surface area contributed by atoms with Crippen molar-refractivity contribution in [3.63, 3.8) is 0 Å². The first-order valence-corrected chi connectivity index (χ1v) is 17.1. The number of likely N-dealkylation sites (N-methyl/N-ethyl adjacent to an activating group) is 6. The van der Waals surface area contributed by atoms with Crippen LogP contribution in [0.15, 0.2) is 0 Å². The van der Waals surface area contributed by atoms with E-state index in [0.29, 0.717) is 0 Å². The molecule has 8 fully saturated rings. The van der Waals surface area contributed by atoms with Crippen LogP contribution >= 0.6 is 0 Å². The molecule has 238 valence electrons. The number of hydrogen-bond acceptors (Lipinski definition) is 8. The van der Waals surface area contributed by atoms with Crippen molar-refractivity contribution < 1.29 is 0 Å². The molecule has 8 heterocycles. The Morgan fingerprint density at radius 2 is 0.683 bits per heavy atom. The van der Waals surface area contributed by atoms with Gasteiger partial charge in [0.2, 0.25) is 0 Å². The first kappa shape index (κ1) is 32.1. The number of hydrogen-bond donors (Lipinski definition) is 0. The monoisotopic (exact) mass is 575 g/mol. The zero-order chi connectivity index (χ0) is 29.3. The molecule has 0 aromatic carbocycles. The molecular formula is C33H66N8. The number of nitrogens with zero attached hydrogens (tertiary/aromatic N) is 8. The molecule has 0 aromatic rings. The average molecular weight is 575 g/mol. The van der Waals surface area contributed by atoms with Crippen molar-refractivity contribution >= 4 is 0 Å². The Kier molecular flexibility index (Phi) is 11.1. The predicted octanol–water partition coefficient (Wildman–Crippen LogP) is 1.26. The quantitative estimate of drug-likeness (QED) is 0.427. The van der Waals surface area contributed by atoms with Gasteiger partial charge in [-0.25, -0.2) is 0 Å². The van der Waals surface area contributed by atoms with Gasteiger partial charge in [-0.2, -0.15) is 0 Å². The molecule has 8 unspecified atom stereocenters. The average Bonchev–Trinajstić information content (AvgIpc) is 3.59. The van der Waals surface area contributed by atoms with Gasteiger partial charge in [0.25, 0.3) is 0 Å². The normalized spacial score (nSPS) is 42.1. The molecule has 8 saturated heterocycles. The molecule has 8 aliphatic heterocycles. The number of likely N-dealkylation sites (tertiary alicyclic amines) is 8. The zero-order valence-corrected chi connectivity index (χ0v) is 28.2. The van der Waals surface area contributed by atoms with Gasteiger partial charge in [0.1, 0.15) is 0 Å². The van der Waals surface area contributed by atoms with E-state index < -0.39 is 0 Å². The highest BCUT2D eigenvalue weighted by Crippen LogP contribution is 2.32. The first-order chi connectivity index (χ1) is 19.6. The summed E-state index contributed by atoms with van der Waals surface area (Å²) in [5, 5.41) is 0. The lowest BCUT2D eigenvalue weighted by Crippen LogP contribution is -2.61. The smallest absolute Gasteiger partial charge is 0.0272 e. The molecular weight excluding hydrogens is 508 g/mol. The minimum Gasteiger partial charge on any atom is -0.306 e. The first-order valence-electron chi connectivity index (χ1n) is 17.1. The van der Waals surface area contributed by atoms with Crippen molar-refractivity contribution in [2.45, 2.75) is 43.8 Å². The summed E-state index contributed by atoms with van der Waals surface area (Å²) in [6.07, 6.45) is 5.71. The van der Waals surface area contributed by atoms with Crippen LogP contribution < -0.4 is 0 Å². The van der Waals surface area contributed by atoms with E-state index in [1.165, 1.54) is 111 Å². The van der Waals surface area contributed by atoms with E-state index >= 15 is 0 Å². The Morgan fingerprint density at radius 1 is 0.293 bits per heavy atom. The van der Waals surface area contributed by atoms with Crippen molar-refractivity contribution in [3.05, 3.63) is 0 Å². The molecule has 8 rings (SSSR count). The Labute approximate surface area is 253 Å². The van der Waals surface area contributed by atoms with Gasteiger partial charge in [0.15, 0.2) is 0 Å². The number of piperidine rings is 3. The van der Waals surface area contributed by atoms with Gasteiger partial charge in [0.05, 0.1) is 0 Å². The van der Waals surface area contributed by atoms with E-state index in [2.05, 4.69) is 95.6 Å². The van der Waals surface area contributed by atoms with Gasteiger partial charge < -0.3 is 39.2 Å². The third kappa shape index (κ3) is 8.05. The minimum absolute atomic E-state index is 0.869. The summed E-state index contributed by atoms with van der Waals surface area (Å²) in [6.45, 7) is 17.1. The van der Waals surface area contributed by atoms with Crippen LogP contribution in [0.1, 0.15) is 25.7 Å². The van der Waals surface area contributed by atoms with Crippen LogP contribution in [0.25, 0.3) is 0 Å². The predicted molar refractivity (Wildman–Crippen MR) is 173 cm³/mol. The fraction of sp³-hybridized carbons (Fsp3) is 1.00. The van der Waals surface area contributed by atoms with Crippen LogP contribution in [-0.2, 0) is 0 Å². The molecule has 41 heavy (non-hydrogen) atoms. The Morgan fingerprint density at radius 3 is 1.27 bits per heavy atom. The van der Waals surface area contributed by atoms with Crippen molar-refractivity contribution in [1.29, 1.82) is 0 Å². The van der Waals surface area contributed by atoms with Crippen LogP contribution in [0.2, 0.25) is 0 Å². The van der Waals surface area contributed by atoms with E-state index in [-0.39, 0.29) is 0 Å². The van der Waals surface area contributed by atoms with Crippen molar-refractivity contribution in [3.8, 4) is 0 Å². The molecule has 0 saturated carbocycles. The molecule has 8 nitrogen and oxygen atoms in total. The summed E-state index contributed by atoms with van der Waals surface area (Å²) < 4.78 is 0. The summed E-state index contributed by atoms with van der Waals surface area (Å²) in [5.41, 5.74) is 0. The van der Waals surface area contributed by atoms with Gasteiger partial charge in [-0.1, -0.05) is 0 Å². The van der Waals surface area contributed by atoms with Gasteiger partial charge in [-0.15, -0.1) is 0 Å². The third-order valence-electron chi connectivity index (χ3n) is 12.2. The van der Waals surface area contributed by atoms with Crippen molar-refractivity contribution in [2.24, 2.45) is 29.6 Å². The standard InChI is InChI=1S/2C9H18N2.C8H16N2.C7H14N2/c1-10-5-3-8-4-6-11(2)9(8)7-10;1-10-4-3-8-5-11(2)7-9(8)6-10;1-9-4-3-7-5-10(2)8(7)6-9;1-8-3-6-4-9(2)7(6)5-8/h2*8-9H,3-7H2,1-2H3;7-8H,3-6H2,1-2H3;6-7H,3-5H2,1-2H3. The molecule has 0 spiro atoms. The third-order valence-corrected chi connectivity index (χ3v) is 12.2. The molecule has 0 aromatic heterocycles. The lowest BCUT2D eigenvalue weighted by molar-refractivity contribution is -0.0184. The molecule has 8 heteroatoms. The van der Waals surface area contributed by atoms with E-state index in [1.807, 2.05) is 0 Å². The van der Waals surface area contributed by atoms with Crippen LogP contribution in [-0.4, -0.2) is 199 Å². The van der Waals surface area contributed by atoms with Crippen molar-refractivity contribution in [1.82, 2.24) is 39.2 Å². The van der Waals surface area contributed by atoms with Crippen LogP contribution in [0, 0.1) is 29.6 Å². The Bertz CT molecular complexity index is 808. The SMILES string of the molecule is CN1CC2CN(C)C2C1.CN1CCC2CCN(C)C2C1.CN1CCC2CN(C)C2C1.CN1CCC2CN(C)CC2C1. The Hall–Kier alpha value is -0.320. The summed E-state index contributed by atoms with van der Waals surface area (Å²) >= 11 is 0. The number of rotatable bonds is 0. The highest BCUT2D eigenvalue weighted by Gasteiger charge is 2.42. The van der Waals surface area contributed by atoms with E-state index in [0.717, 1.165) is 47.7 Å². The van der Waals surface area contributed by atoms with Crippen LogP contribution in [0.4, 0.5) is 0 Å². The highest BCUT2D eigenvalue weighted by atomic mass is 15.3. The molecule has 0 bridgehead atoms. The van der Waals surface area contributed by atoms with Crippen molar-refractivity contribution in [2.75, 3.05) is 141 Å². The van der Waals surface area contributed by atoms with Gasteiger partial charge >= 0.3 is 0 Å². The summed E-state index contributed by atoms with van der Waals surface area (Å²) in [7, 11) is 17.9. The zero-order valence-electron chi connectivity index (χ0n) is 28.2. The summed E-state index contributed by atoms with van der Waals surface area (Å²) in [6, 6.07) is 2.66. The molecule has 8 aliphatic rings. The number of fused-ring (bicyclic) bond motifs is 4. The fourth-order valence-electron chi connectivity index (χ4n) is 9.42. The van der Waals surface area contributed by atoms with Gasteiger partial charge in [-0.3, -0.25) is 0 Å². The van der Waals surface area contributed by atoms with E-state index in [9.17, 15) is 0 Å². The molecule has 0 N–H and O–H groups in total. The maximum atomic E-state index is 2.53. The lowest BCUT2D eigenvalue weighted by Gasteiger charge is -2.51. The highest BCUT2D eigenvalue weighted by molar-refractivity contribution is 4.98. The minimum atomic E-state index is 0.869. The second-order valence-corrected chi connectivity index (χ2v) is 15.7. The van der Waals surface area contributed by atoms with E-state index in [4.69, 9.17) is 0 Å². The maximum Gasteiger partial charge on any atom is 0.0272 e. The maximum absolute atomic E-state index is 2.53.